The maximum atomic E-state index is 11.5. The van der Waals surface area contributed by atoms with Gasteiger partial charge in [0, 0.05) is 17.1 Å². The SMILES string of the molecule is NC(=O)c1nn(CC(=O)O)c2ccc(-c3cn[nH]c3)cc12. The summed E-state index contributed by atoms with van der Waals surface area (Å²) in [5.74, 6) is -1.75. The van der Waals surface area contributed by atoms with Gasteiger partial charge in [-0.2, -0.15) is 10.2 Å². The molecule has 21 heavy (non-hydrogen) atoms. The molecular formula is C13H11N5O3. The van der Waals surface area contributed by atoms with Gasteiger partial charge in [-0.05, 0) is 17.7 Å². The predicted molar refractivity (Wildman–Crippen MR) is 73.5 cm³/mol. The molecule has 0 aliphatic rings. The zero-order valence-corrected chi connectivity index (χ0v) is 10.8. The van der Waals surface area contributed by atoms with Crippen LogP contribution in [-0.2, 0) is 11.3 Å². The zero-order chi connectivity index (χ0) is 15.0. The Morgan fingerprint density at radius 1 is 1.33 bits per heavy atom. The Balaban J connectivity index is 2.21. The predicted octanol–water partition coefficient (Wildman–Crippen LogP) is 0.610. The number of carbonyl (C=O) groups excluding carboxylic acids is 1. The van der Waals surface area contributed by atoms with Crippen LogP contribution < -0.4 is 5.73 Å². The van der Waals surface area contributed by atoms with Crippen molar-refractivity contribution in [2.75, 3.05) is 0 Å². The molecule has 2 aromatic heterocycles. The molecule has 2 heterocycles. The Morgan fingerprint density at radius 2 is 2.14 bits per heavy atom. The highest BCUT2D eigenvalue weighted by atomic mass is 16.4. The monoisotopic (exact) mass is 285 g/mol. The molecule has 0 spiro atoms. The summed E-state index contributed by atoms with van der Waals surface area (Å²) in [6.45, 7) is -0.338. The lowest BCUT2D eigenvalue weighted by atomic mass is 10.1. The third-order valence-electron chi connectivity index (χ3n) is 3.10. The Hall–Kier alpha value is -3.16. The summed E-state index contributed by atoms with van der Waals surface area (Å²) in [5, 5.41) is 20.0. The lowest BCUT2D eigenvalue weighted by Crippen LogP contribution is -2.14. The molecule has 0 atom stereocenters. The summed E-state index contributed by atoms with van der Waals surface area (Å²) < 4.78 is 1.25. The second-order valence-corrected chi connectivity index (χ2v) is 4.48. The van der Waals surface area contributed by atoms with Crippen LogP contribution in [0.1, 0.15) is 10.5 Å². The third-order valence-corrected chi connectivity index (χ3v) is 3.10. The van der Waals surface area contributed by atoms with Gasteiger partial charge in [0.1, 0.15) is 6.54 Å². The van der Waals surface area contributed by atoms with Gasteiger partial charge in [-0.25, -0.2) is 0 Å². The molecule has 0 radical (unpaired) electrons. The molecule has 0 aliphatic heterocycles. The Labute approximate surface area is 118 Å². The van der Waals surface area contributed by atoms with E-state index in [0.29, 0.717) is 10.9 Å². The van der Waals surface area contributed by atoms with Crippen molar-refractivity contribution in [3.63, 3.8) is 0 Å². The zero-order valence-electron chi connectivity index (χ0n) is 10.8. The van der Waals surface area contributed by atoms with Gasteiger partial charge in [-0.15, -0.1) is 0 Å². The highest BCUT2D eigenvalue weighted by molar-refractivity contribution is 6.05. The number of carboxylic acids is 1. The number of nitrogens with two attached hydrogens (primary N) is 1. The van der Waals surface area contributed by atoms with E-state index in [1.807, 2.05) is 0 Å². The first-order valence-corrected chi connectivity index (χ1v) is 6.07. The number of nitrogens with zero attached hydrogens (tertiary/aromatic N) is 3. The second kappa shape index (κ2) is 4.75. The molecule has 0 bridgehead atoms. The highest BCUT2D eigenvalue weighted by Gasteiger charge is 2.17. The van der Waals surface area contributed by atoms with Crippen molar-refractivity contribution in [1.29, 1.82) is 0 Å². The number of nitrogens with one attached hydrogen (secondary N) is 1. The summed E-state index contributed by atoms with van der Waals surface area (Å²) in [6, 6.07) is 5.25. The lowest BCUT2D eigenvalue weighted by molar-refractivity contribution is -0.137. The van der Waals surface area contributed by atoms with Gasteiger partial charge in [-0.1, -0.05) is 6.07 Å². The van der Waals surface area contributed by atoms with E-state index in [2.05, 4.69) is 15.3 Å². The van der Waals surface area contributed by atoms with Crippen LogP contribution in [0.25, 0.3) is 22.0 Å². The lowest BCUT2D eigenvalue weighted by Gasteiger charge is -2.00. The number of aliphatic carboxylic acids is 1. The standard InChI is InChI=1S/C13H11N5O3/c14-13(21)12-9-3-7(8-4-15-16-5-8)1-2-10(9)18(17-12)6-11(19)20/h1-5H,6H2,(H2,14,21)(H,15,16)(H,19,20). The molecule has 1 aromatic carbocycles. The van der Waals surface area contributed by atoms with E-state index in [1.54, 1.807) is 30.6 Å². The van der Waals surface area contributed by atoms with Crippen molar-refractivity contribution in [1.82, 2.24) is 20.0 Å². The molecule has 0 saturated carbocycles. The molecule has 106 valence electrons. The van der Waals surface area contributed by atoms with Crippen LogP contribution >= 0.6 is 0 Å². The molecule has 8 heteroatoms. The molecule has 8 nitrogen and oxygen atoms in total. The fraction of sp³-hybridized carbons (Fsp3) is 0.0769. The van der Waals surface area contributed by atoms with E-state index < -0.39 is 11.9 Å². The van der Waals surface area contributed by atoms with Gasteiger partial charge in [0.25, 0.3) is 5.91 Å². The Kier molecular flexibility index (Phi) is 2.90. The van der Waals surface area contributed by atoms with Crippen LogP contribution in [0, 0.1) is 0 Å². The van der Waals surface area contributed by atoms with Crippen LogP contribution in [0.15, 0.2) is 30.6 Å². The molecule has 0 fully saturated rings. The number of H-pyrrole nitrogens is 1. The number of hydrogen-bond acceptors (Lipinski definition) is 4. The fourth-order valence-electron chi connectivity index (χ4n) is 2.20. The van der Waals surface area contributed by atoms with Crippen LogP contribution in [0.4, 0.5) is 0 Å². The number of hydrogen-bond donors (Lipinski definition) is 3. The fourth-order valence-corrected chi connectivity index (χ4v) is 2.20. The van der Waals surface area contributed by atoms with Crippen molar-refractivity contribution >= 4 is 22.8 Å². The smallest absolute Gasteiger partial charge is 0.325 e. The largest absolute Gasteiger partial charge is 0.480 e. The maximum absolute atomic E-state index is 11.5. The molecule has 0 saturated heterocycles. The molecule has 3 rings (SSSR count). The summed E-state index contributed by atoms with van der Waals surface area (Å²) in [5.41, 5.74) is 7.58. The number of carboxylic acid groups (broad SMARTS) is 1. The molecule has 0 aliphatic carbocycles. The molecule has 4 N–H and O–H groups in total. The number of carbonyl (C=O) groups is 2. The average molecular weight is 285 g/mol. The number of primary amides is 1. The molecular weight excluding hydrogens is 274 g/mol. The third kappa shape index (κ3) is 2.22. The molecule has 0 unspecified atom stereocenters. The van der Waals surface area contributed by atoms with Crippen LogP contribution in [-0.4, -0.2) is 37.0 Å². The number of aromatic nitrogens is 4. The van der Waals surface area contributed by atoms with Gasteiger partial charge < -0.3 is 10.8 Å². The number of rotatable bonds is 4. The topological polar surface area (TPSA) is 127 Å². The van der Waals surface area contributed by atoms with Crippen molar-refractivity contribution in [3.05, 3.63) is 36.3 Å². The summed E-state index contributed by atoms with van der Waals surface area (Å²) >= 11 is 0. The minimum Gasteiger partial charge on any atom is -0.480 e. The minimum absolute atomic E-state index is 0.0524. The molecule has 1 amide bonds. The maximum Gasteiger partial charge on any atom is 0.325 e. The van der Waals surface area contributed by atoms with Gasteiger partial charge in [0.2, 0.25) is 0 Å². The Bertz CT molecular complexity index is 835. The van der Waals surface area contributed by atoms with E-state index in [0.717, 1.165) is 11.1 Å². The van der Waals surface area contributed by atoms with E-state index in [-0.39, 0.29) is 12.2 Å². The van der Waals surface area contributed by atoms with Crippen LogP contribution in [0.3, 0.4) is 0 Å². The highest BCUT2D eigenvalue weighted by Crippen LogP contribution is 2.26. The van der Waals surface area contributed by atoms with Crippen LogP contribution in [0.2, 0.25) is 0 Å². The summed E-state index contributed by atoms with van der Waals surface area (Å²) in [6.07, 6.45) is 3.36. The van der Waals surface area contributed by atoms with Gasteiger partial charge in [0.15, 0.2) is 5.69 Å². The van der Waals surface area contributed by atoms with Gasteiger partial charge >= 0.3 is 5.97 Å². The first kappa shape index (κ1) is 12.9. The van der Waals surface area contributed by atoms with E-state index in [4.69, 9.17) is 10.8 Å². The number of benzene rings is 1. The number of aromatic amines is 1. The second-order valence-electron chi connectivity index (χ2n) is 4.48. The van der Waals surface area contributed by atoms with E-state index in [1.165, 1.54) is 4.68 Å². The van der Waals surface area contributed by atoms with Crippen molar-refractivity contribution in [2.24, 2.45) is 5.73 Å². The normalized spacial score (nSPS) is 10.9. The van der Waals surface area contributed by atoms with E-state index >= 15 is 0 Å². The quantitative estimate of drug-likeness (QED) is 0.647. The summed E-state index contributed by atoms with van der Waals surface area (Å²) in [7, 11) is 0. The number of fused-ring (bicyclic) bond motifs is 1. The first-order chi connectivity index (χ1) is 10.1. The van der Waals surface area contributed by atoms with Gasteiger partial charge in [-0.3, -0.25) is 19.4 Å². The van der Waals surface area contributed by atoms with Crippen molar-refractivity contribution in [2.45, 2.75) is 6.54 Å². The average Bonchev–Trinajstić information content (AvgIpc) is 3.05. The Morgan fingerprint density at radius 3 is 2.76 bits per heavy atom. The molecule has 3 aromatic rings. The first-order valence-electron chi connectivity index (χ1n) is 6.07. The minimum atomic E-state index is -1.05. The number of amides is 1. The van der Waals surface area contributed by atoms with Crippen LogP contribution in [0.5, 0.6) is 0 Å². The van der Waals surface area contributed by atoms with Crippen molar-refractivity contribution < 1.29 is 14.7 Å². The van der Waals surface area contributed by atoms with Gasteiger partial charge in [0.05, 0.1) is 11.7 Å². The summed E-state index contributed by atoms with van der Waals surface area (Å²) in [4.78, 5) is 22.3. The van der Waals surface area contributed by atoms with E-state index in [9.17, 15) is 9.59 Å². The van der Waals surface area contributed by atoms with Crippen molar-refractivity contribution in [3.8, 4) is 11.1 Å².